The summed E-state index contributed by atoms with van der Waals surface area (Å²) in [6.07, 6.45) is 51.5. The normalized spacial score (nSPS) is 10.4. The molecule has 0 aromatic carbocycles. The maximum atomic E-state index is 10.1. The van der Waals surface area contributed by atoms with Crippen molar-refractivity contribution in [2.24, 2.45) is 0 Å². The van der Waals surface area contributed by atoms with Crippen LogP contribution in [0.25, 0.3) is 0 Å². The number of carbonyl (C=O) groups is 2. The maximum Gasteiger partial charge on any atom is 2.00 e. The zero-order chi connectivity index (χ0) is 37.4. The van der Waals surface area contributed by atoms with E-state index in [0.717, 1.165) is 25.7 Å². The van der Waals surface area contributed by atoms with Gasteiger partial charge in [-0.3, -0.25) is 0 Å². The summed E-state index contributed by atoms with van der Waals surface area (Å²) in [6.45, 7) is 10.5. The van der Waals surface area contributed by atoms with E-state index in [9.17, 15) is 19.8 Å². The van der Waals surface area contributed by atoms with Crippen LogP contribution >= 0.6 is 0 Å². The average Bonchev–Trinajstić information content (AvgIpc) is 3.10. The second-order valence-electron chi connectivity index (χ2n) is 15.0. The molecule has 4 nitrogen and oxygen atoms in total. The molecule has 0 aliphatic carbocycles. The van der Waals surface area contributed by atoms with Crippen molar-refractivity contribution >= 4 is 11.9 Å². The first-order chi connectivity index (χ1) is 24.5. The minimum absolute atomic E-state index is 0. The standard InChI is InChI=1S/C18H36.2C14H28O2.Zn/c1-3-5-7-9-11-13-15-17-18-16-14-12-10-8-6-4-2;2*1-2-3-4-5-6-7-8-9-10-11-12-13-14(15)16;/h3H,1,4-18H2,2H3;2*2-13H2,1H3,(H,15,16);/q;;;+2/p-2. The van der Waals surface area contributed by atoms with Crippen LogP contribution in [0.4, 0.5) is 0 Å². The van der Waals surface area contributed by atoms with E-state index in [0.29, 0.717) is 0 Å². The Morgan fingerprint density at radius 1 is 0.353 bits per heavy atom. The first kappa shape index (κ1) is 57.0. The Balaban J connectivity index is -0.000000322. The van der Waals surface area contributed by atoms with Crippen molar-refractivity contribution in [2.45, 2.75) is 271 Å². The van der Waals surface area contributed by atoms with Crippen LogP contribution in [0.15, 0.2) is 12.7 Å². The fourth-order valence-electron chi connectivity index (χ4n) is 6.35. The number of carboxylic acids is 2. The molecule has 0 amide bonds. The quantitative estimate of drug-likeness (QED) is 0.0354. The second-order valence-corrected chi connectivity index (χ2v) is 15.0. The van der Waals surface area contributed by atoms with Crippen molar-refractivity contribution < 1.29 is 39.3 Å². The van der Waals surface area contributed by atoms with Gasteiger partial charge in [-0.1, -0.05) is 239 Å². The van der Waals surface area contributed by atoms with Gasteiger partial charge in [-0.15, -0.1) is 6.58 Å². The topological polar surface area (TPSA) is 80.3 Å². The van der Waals surface area contributed by atoms with Gasteiger partial charge in [0, 0.05) is 11.9 Å². The molecule has 0 heterocycles. The van der Waals surface area contributed by atoms with Crippen LogP contribution in [-0.2, 0) is 29.1 Å². The molecular formula is C46H90O4Zn. The molecule has 0 aliphatic rings. The molecule has 5 heteroatoms. The van der Waals surface area contributed by atoms with Crippen molar-refractivity contribution in [3.8, 4) is 0 Å². The fourth-order valence-corrected chi connectivity index (χ4v) is 6.35. The second kappa shape index (κ2) is 56.0. The maximum absolute atomic E-state index is 10.1. The molecular weight excluding hydrogens is 682 g/mol. The first-order valence-electron chi connectivity index (χ1n) is 22.5. The molecule has 0 fully saturated rings. The van der Waals surface area contributed by atoms with E-state index in [2.05, 4.69) is 27.4 Å². The number of unbranched alkanes of at least 4 members (excludes halogenated alkanes) is 34. The van der Waals surface area contributed by atoms with E-state index in [1.165, 1.54) is 212 Å². The Morgan fingerprint density at radius 2 is 0.529 bits per heavy atom. The third-order valence-corrected chi connectivity index (χ3v) is 9.73. The minimum atomic E-state index is -0.907. The van der Waals surface area contributed by atoms with Crippen LogP contribution in [0, 0.1) is 0 Å². The van der Waals surface area contributed by atoms with E-state index >= 15 is 0 Å². The molecule has 0 aromatic rings. The molecule has 0 bridgehead atoms. The molecule has 0 rings (SSSR count). The van der Waals surface area contributed by atoms with Gasteiger partial charge in [0.15, 0.2) is 0 Å². The van der Waals surface area contributed by atoms with Crippen molar-refractivity contribution in [3.05, 3.63) is 12.7 Å². The van der Waals surface area contributed by atoms with Gasteiger partial charge in [-0.05, 0) is 38.5 Å². The van der Waals surface area contributed by atoms with Crippen LogP contribution in [0.3, 0.4) is 0 Å². The summed E-state index contributed by atoms with van der Waals surface area (Å²) in [7, 11) is 0. The van der Waals surface area contributed by atoms with Crippen LogP contribution in [-0.4, -0.2) is 11.9 Å². The molecule has 0 atom stereocenters. The number of carboxylic acid groups (broad SMARTS) is 2. The predicted octanol–water partition coefficient (Wildman–Crippen LogP) is 13.9. The average molecular weight is 773 g/mol. The van der Waals surface area contributed by atoms with Gasteiger partial charge in [0.25, 0.3) is 0 Å². The number of hydrogen-bond donors (Lipinski definition) is 0. The third kappa shape index (κ3) is 67.9. The Hall–Kier alpha value is -0.697. The molecule has 0 spiro atoms. The number of carbonyl (C=O) groups excluding carboxylic acids is 2. The van der Waals surface area contributed by atoms with E-state index in [-0.39, 0.29) is 32.3 Å². The molecule has 0 saturated carbocycles. The number of allylic oxidation sites excluding steroid dienone is 1. The van der Waals surface area contributed by atoms with E-state index in [4.69, 9.17) is 0 Å². The van der Waals surface area contributed by atoms with E-state index < -0.39 is 11.9 Å². The Bertz CT molecular complexity index is 603. The van der Waals surface area contributed by atoms with Crippen molar-refractivity contribution in [3.63, 3.8) is 0 Å². The van der Waals surface area contributed by atoms with Gasteiger partial charge >= 0.3 is 19.5 Å². The molecule has 0 N–H and O–H groups in total. The molecule has 0 aromatic heterocycles. The smallest absolute Gasteiger partial charge is 0.550 e. The minimum Gasteiger partial charge on any atom is -0.550 e. The first-order valence-corrected chi connectivity index (χ1v) is 22.5. The van der Waals surface area contributed by atoms with Crippen molar-refractivity contribution in [2.75, 3.05) is 0 Å². The summed E-state index contributed by atoms with van der Waals surface area (Å²) in [4.78, 5) is 20.3. The zero-order valence-corrected chi connectivity index (χ0v) is 38.2. The largest absolute Gasteiger partial charge is 2.00 e. The summed E-state index contributed by atoms with van der Waals surface area (Å²) in [6, 6.07) is 0. The monoisotopic (exact) mass is 771 g/mol. The number of aliphatic carboxylic acids is 2. The molecule has 0 aliphatic heterocycles. The summed E-state index contributed by atoms with van der Waals surface area (Å²) >= 11 is 0. The van der Waals surface area contributed by atoms with Crippen LogP contribution in [0.5, 0.6) is 0 Å². The van der Waals surface area contributed by atoms with Gasteiger partial charge < -0.3 is 19.8 Å². The van der Waals surface area contributed by atoms with Gasteiger partial charge in [0.2, 0.25) is 0 Å². The molecule has 51 heavy (non-hydrogen) atoms. The molecule has 0 saturated heterocycles. The Labute approximate surface area is 333 Å². The van der Waals surface area contributed by atoms with Crippen LogP contribution < -0.4 is 10.2 Å². The number of rotatable bonds is 39. The van der Waals surface area contributed by atoms with Gasteiger partial charge in [0.1, 0.15) is 0 Å². The summed E-state index contributed by atoms with van der Waals surface area (Å²) in [5, 5.41) is 20.3. The summed E-state index contributed by atoms with van der Waals surface area (Å²) < 4.78 is 0. The van der Waals surface area contributed by atoms with E-state index in [1.54, 1.807) is 0 Å². The molecule has 0 radical (unpaired) electrons. The SMILES string of the molecule is C=CCCCCCCCCCCCCCCCC.CCCCCCCCCCCCCC(=O)[O-].CCCCCCCCCCCCCC(=O)[O-].[Zn+2]. The zero-order valence-electron chi connectivity index (χ0n) is 35.2. The van der Waals surface area contributed by atoms with Gasteiger partial charge in [-0.25, -0.2) is 0 Å². The molecule has 0 unspecified atom stereocenters. The molecule has 300 valence electrons. The van der Waals surface area contributed by atoms with Gasteiger partial charge in [0.05, 0.1) is 0 Å². The Kier molecular flexibility index (Phi) is 62.7. The summed E-state index contributed by atoms with van der Waals surface area (Å²) in [5.74, 6) is -1.81. The summed E-state index contributed by atoms with van der Waals surface area (Å²) in [5.41, 5.74) is 0. The van der Waals surface area contributed by atoms with Crippen molar-refractivity contribution in [1.29, 1.82) is 0 Å². The predicted molar refractivity (Wildman–Crippen MR) is 217 cm³/mol. The fraction of sp³-hybridized carbons (Fsp3) is 0.913. The van der Waals surface area contributed by atoms with Crippen molar-refractivity contribution in [1.82, 2.24) is 0 Å². The van der Waals surface area contributed by atoms with E-state index in [1.807, 2.05) is 6.08 Å². The van der Waals surface area contributed by atoms with Gasteiger partial charge in [-0.2, -0.15) is 0 Å². The van der Waals surface area contributed by atoms with Crippen LogP contribution in [0.2, 0.25) is 0 Å². The third-order valence-electron chi connectivity index (χ3n) is 9.73. The Morgan fingerprint density at radius 3 is 0.706 bits per heavy atom. The number of hydrogen-bond acceptors (Lipinski definition) is 4. The van der Waals surface area contributed by atoms with Crippen LogP contribution in [0.1, 0.15) is 271 Å².